The Balaban J connectivity index is 1.92. The fraction of sp³-hybridized carbons (Fsp3) is 0.263. The predicted molar refractivity (Wildman–Crippen MR) is 94.1 cm³/mol. The smallest absolute Gasteiger partial charge is 0.334 e. The maximum Gasteiger partial charge on any atom is 0.334 e. The highest BCUT2D eigenvalue weighted by Crippen LogP contribution is 2.40. The number of benzene rings is 2. The lowest BCUT2D eigenvalue weighted by Crippen LogP contribution is -2.52. The van der Waals surface area contributed by atoms with E-state index in [1.165, 1.54) is 0 Å². The summed E-state index contributed by atoms with van der Waals surface area (Å²) in [6, 6.07) is 16.7. The van der Waals surface area contributed by atoms with Gasteiger partial charge in [-0.05, 0) is 23.6 Å². The molecular weight excluding hydrogens is 322 g/mol. The molecule has 0 saturated carbocycles. The molecule has 0 fully saturated rings. The van der Waals surface area contributed by atoms with Crippen molar-refractivity contribution in [2.45, 2.75) is 29.7 Å². The van der Waals surface area contributed by atoms with Crippen LogP contribution in [0.25, 0.3) is 0 Å². The van der Waals surface area contributed by atoms with Gasteiger partial charge in [-0.2, -0.15) is 0 Å². The maximum absolute atomic E-state index is 12.9. The molecule has 1 heterocycles. The summed E-state index contributed by atoms with van der Waals surface area (Å²) < 4.78 is 0. The molecule has 0 spiro atoms. The van der Waals surface area contributed by atoms with E-state index in [2.05, 4.69) is 5.32 Å². The van der Waals surface area contributed by atoms with Crippen LogP contribution in [0.1, 0.15) is 30.4 Å². The first-order valence-electron chi connectivity index (χ1n) is 7.91. The van der Waals surface area contributed by atoms with Crippen LogP contribution in [0.5, 0.6) is 0 Å². The molecule has 0 aliphatic carbocycles. The van der Waals surface area contributed by atoms with E-state index >= 15 is 0 Å². The summed E-state index contributed by atoms with van der Waals surface area (Å²) in [7, 11) is 0. The molecule has 3 rings (SSSR count). The average molecular weight is 341 g/mol. The number of hydrogen-bond donors (Lipinski definition) is 2. The summed E-state index contributed by atoms with van der Waals surface area (Å²) in [6.07, 6.45) is 0.277. The molecule has 124 valence electrons. The Bertz CT molecular complexity index is 762. The van der Waals surface area contributed by atoms with Crippen molar-refractivity contribution < 1.29 is 14.7 Å². The topological polar surface area (TPSA) is 66.4 Å². The number of nitrogens with one attached hydrogen (secondary N) is 1. The number of rotatable bonds is 5. The van der Waals surface area contributed by atoms with Crippen molar-refractivity contribution in [1.29, 1.82) is 0 Å². The van der Waals surface area contributed by atoms with Gasteiger partial charge in [0, 0.05) is 10.6 Å². The summed E-state index contributed by atoms with van der Waals surface area (Å²) in [4.78, 5) is 26.0. The molecule has 24 heavy (non-hydrogen) atoms. The number of aliphatic carboxylic acids is 1. The number of hydrogen-bond acceptors (Lipinski definition) is 3. The predicted octanol–water partition coefficient (Wildman–Crippen LogP) is 3.38. The largest absolute Gasteiger partial charge is 0.479 e. The molecule has 2 atom stereocenters. The summed E-state index contributed by atoms with van der Waals surface area (Å²) in [5.41, 5.74) is 0.163. The molecule has 0 aromatic heterocycles. The van der Waals surface area contributed by atoms with Gasteiger partial charge < -0.3 is 10.4 Å². The molecule has 5 heteroatoms. The van der Waals surface area contributed by atoms with E-state index in [1.54, 1.807) is 43.0 Å². The fourth-order valence-corrected chi connectivity index (χ4v) is 4.32. The van der Waals surface area contributed by atoms with Crippen LogP contribution in [0.15, 0.2) is 59.5 Å². The number of thioether (sulfide) groups is 1. The van der Waals surface area contributed by atoms with Crippen molar-refractivity contribution in [3.63, 3.8) is 0 Å². The van der Waals surface area contributed by atoms with Gasteiger partial charge in [0.1, 0.15) is 0 Å². The van der Waals surface area contributed by atoms with Gasteiger partial charge in [-0.3, -0.25) is 4.79 Å². The maximum atomic E-state index is 12.9. The van der Waals surface area contributed by atoms with E-state index in [4.69, 9.17) is 0 Å². The molecule has 0 bridgehead atoms. The van der Waals surface area contributed by atoms with Crippen molar-refractivity contribution in [3.05, 3.63) is 65.7 Å². The molecule has 0 saturated heterocycles. The second-order valence-corrected chi connectivity index (χ2v) is 6.88. The van der Waals surface area contributed by atoms with E-state index in [-0.39, 0.29) is 18.2 Å². The molecular formula is C19H19NO3S. The first kappa shape index (κ1) is 16.6. The Hall–Kier alpha value is -2.27. The molecule has 1 aliphatic rings. The van der Waals surface area contributed by atoms with Gasteiger partial charge >= 0.3 is 5.97 Å². The lowest BCUT2D eigenvalue weighted by molar-refractivity contribution is -0.148. The molecule has 2 aromatic rings. The van der Waals surface area contributed by atoms with E-state index in [0.717, 1.165) is 10.5 Å². The Morgan fingerprint density at radius 3 is 2.50 bits per heavy atom. The Kier molecular flexibility index (Phi) is 4.62. The first-order chi connectivity index (χ1) is 11.6. The number of amides is 1. The van der Waals surface area contributed by atoms with Crippen LogP contribution < -0.4 is 5.32 Å². The minimum atomic E-state index is -1.40. The fourth-order valence-electron chi connectivity index (χ4n) is 3.09. The van der Waals surface area contributed by atoms with Gasteiger partial charge in [-0.25, -0.2) is 4.79 Å². The van der Waals surface area contributed by atoms with Gasteiger partial charge in [-0.1, -0.05) is 55.5 Å². The van der Waals surface area contributed by atoms with Crippen molar-refractivity contribution in [3.8, 4) is 0 Å². The number of carbonyl (C=O) groups excluding carboxylic acids is 1. The number of carboxylic acids is 1. The van der Waals surface area contributed by atoms with Crippen molar-refractivity contribution in [2.75, 3.05) is 5.75 Å². The second kappa shape index (κ2) is 6.69. The number of carbonyl (C=O) groups is 2. The van der Waals surface area contributed by atoms with Crippen LogP contribution in [0.4, 0.5) is 0 Å². The van der Waals surface area contributed by atoms with Gasteiger partial charge in [0.15, 0.2) is 5.54 Å². The van der Waals surface area contributed by atoms with Crippen LogP contribution >= 0.6 is 11.8 Å². The summed E-state index contributed by atoms with van der Waals surface area (Å²) >= 11 is 1.63. The zero-order valence-electron chi connectivity index (χ0n) is 13.4. The lowest BCUT2D eigenvalue weighted by Gasteiger charge is -2.31. The number of carboxylic acid groups (broad SMARTS) is 1. The van der Waals surface area contributed by atoms with Crippen LogP contribution in [0.3, 0.4) is 0 Å². The third-order valence-corrected chi connectivity index (χ3v) is 5.70. The highest BCUT2D eigenvalue weighted by molar-refractivity contribution is 7.99. The van der Waals surface area contributed by atoms with Crippen molar-refractivity contribution in [1.82, 2.24) is 5.32 Å². The zero-order valence-corrected chi connectivity index (χ0v) is 14.2. The second-order valence-electron chi connectivity index (χ2n) is 5.82. The normalized spacial score (nSPS) is 18.5. The van der Waals surface area contributed by atoms with E-state index in [9.17, 15) is 14.7 Å². The lowest BCUT2D eigenvalue weighted by atomic mass is 9.86. The summed E-state index contributed by atoms with van der Waals surface area (Å²) in [5.74, 6) is -0.955. The third-order valence-electron chi connectivity index (χ3n) is 4.52. The quantitative estimate of drug-likeness (QED) is 0.875. The Morgan fingerprint density at radius 2 is 1.83 bits per heavy atom. The summed E-state index contributed by atoms with van der Waals surface area (Å²) in [5, 5.41) is 12.7. The molecule has 4 nitrogen and oxygen atoms in total. The SMILES string of the molecule is CCC(NC(=O)C1CSc2ccccc21)(C(=O)O)c1ccccc1. The van der Waals surface area contributed by atoms with Gasteiger partial charge in [0.05, 0.1) is 5.92 Å². The average Bonchev–Trinajstić information content (AvgIpc) is 3.04. The highest BCUT2D eigenvalue weighted by Gasteiger charge is 2.42. The minimum Gasteiger partial charge on any atom is -0.479 e. The molecule has 2 aromatic carbocycles. The highest BCUT2D eigenvalue weighted by atomic mass is 32.2. The Morgan fingerprint density at radius 1 is 1.17 bits per heavy atom. The zero-order chi connectivity index (χ0) is 17.2. The molecule has 1 amide bonds. The van der Waals surface area contributed by atoms with Gasteiger partial charge in [-0.15, -0.1) is 11.8 Å². The molecule has 2 unspecified atom stereocenters. The molecule has 2 N–H and O–H groups in total. The minimum absolute atomic E-state index is 0.236. The van der Waals surface area contributed by atoms with E-state index < -0.39 is 11.5 Å². The number of fused-ring (bicyclic) bond motifs is 1. The standard InChI is InChI=1S/C19H19NO3S/c1-2-19(18(22)23,13-8-4-3-5-9-13)20-17(21)15-12-24-16-11-7-6-10-14(15)16/h3-11,15H,2,12H2,1H3,(H,20,21)(H,22,23). The van der Waals surface area contributed by atoms with Crippen LogP contribution in [0.2, 0.25) is 0 Å². The molecule has 0 radical (unpaired) electrons. The van der Waals surface area contributed by atoms with Crippen molar-refractivity contribution >= 4 is 23.6 Å². The van der Waals surface area contributed by atoms with Crippen LogP contribution in [0, 0.1) is 0 Å². The van der Waals surface area contributed by atoms with Crippen molar-refractivity contribution in [2.24, 2.45) is 0 Å². The van der Waals surface area contributed by atoms with Crippen LogP contribution in [-0.2, 0) is 15.1 Å². The van der Waals surface area contributed by atoms with Gasteiger partial charge in [0.25, 0.3) is 0 Å². The first-order valence-corrected chi connectivity index (χ1v) is 8.89. The summed E-state index contributed by atoms with van der Waals surface area (Å²) in [6.45, 7) is 1.78. The third kappa shape index (κ3) is 2.80. The molecule has 1 aliphatic heterocycles. The van der Waals surface area contributed by atoms with E-state index in [0.29, 0.717) is 11.3 Å². The monoisotopic (exact) mass is 341 g/mol. The van der Waals surface area contributed by atoms with Gasteiger partial charge in [0.2, 0.25) is 5.91 Å². The Labute approximate surface area is 145 Å². The van der Waals surface area contributed by atoms with E-state index in [1.807, 2.05) is 30.3 Å². The van der Waals surface area contributed by atoms with Crippen LogP contribution in [-0.4, -0.2) is 22.7 Å².